The van der Waals surface area contributed by atoms with Gasteiger partial charge in [-0.25, -0.2) is 0 Å². The minimum atomic E-state index is -0.0901. The fourth-order valence-corrected chi connectivity index (χ4v) is 2.91. The summed E-state index contributed by atoms with van der Waals surface area (Å²) in [5.74, 6) is 0.873. The third-order valence-electron chi connectivity index (χ3n) is 3.12. The van der Waals surface area contributed by atoms with Crippen LogP contribution in [-0.2, 0) is 17.1 Å². The molecule has 4 heteroatoms. The smallest absolute Gasteiger partial charge is 0.233 e. The molecule has 1 atom stereocenters. The molecule has 0 aliphatic heterocycles. The number of nitrogens with one attached hydrogen (secondary N) is 1. The fraction of sp³-hybridized carbons (Fsp3) is 0.235. The summed E-state index contributed by atoms with van der Waals surface area (Å²) in [5.41, 5.74) is 2.17. The normalized spacial score (nSPS) is 11.9. The monoisotopic (exact) mass is 319 g/mol. The molecule has 0 aromatic heterocycles. The van der Waals surface area contributed by atoms with Crippen LogP contribution in [0.4, 0.5) is 0 Å². The quantitative estimate of drug-likeness (QED) is 0.861. The van der Waals surface area contributed by atoms with Crippen LogP contribution in [0.5, 0.6) is 0 Å². The molecule has 21 heavy (non-hydrogen) atoms. The van der Waals surface area contributed by atoms with Crippen molar-refractivity contribution in [1.29, 1.82) is 0 Å². The van der Waals surface area contributed by atoms with Crippen molar-refractivity contribution in [1.82, 2.24) is 5.32 Å². The van der Waals surface area contributed by atoms with Gasteiger partial charge in [0.2, 0.25) is 5.91 Å². The van der Waals surface area contributed by atoms with Crippen molar-refractivity contribution in [2.45, 2.75) is 24.5 Å². The average Bonchev–Trinajstić information content (AvgIpc) is 2.52. The Morgan fingerprint density at radius 2 is 1.81 bits per heavy atom. The lowest BCUT2D eigenvalue weighted by Gasteiger charge is -2.12. The topological polar surface area (TPSA) is 29.1 Å². The number of carbonyl (C=O) groups excluding carboxylic acids is 1. The highest BCUT2D eigenvalue weighted by Crippen LogP contribution is 2.18. The number of carbonyl (C=O) groups is 1. The van der Waals surface area contributed by atoms with Crippen molar-refractivity contribution in [2.75, 3.05) is 0 Å². The van der Waals surface area contributed by atoms with Crippen LogP contribution in [0.2, 0.25) is 5.02 Å². The lowest BCUT2D eigenvalue weighted by Crippen LogP contribution is -2.30. The summed E-state index contributed by atoms with van der Waals surface area (Å²) < 4.78 is 0. The molecule has 2 aromatic rings. The molecule has 1 N–H and O–H groups in total. The van der Waals surface area contributed by atoms with Crippen molar-refractivity contribution in [2.24, 2.45) is 0 Å². The van der Waals surface area contributed by atoms with Crippen LogP contribution in [0, 0.1) is 0 Å². The first-order valence-corrected chi connectivity index (χ1v) is 8.26. The van der Waals surface area contributed by atoms with E-state index in [0.29, 0.717) is 11.6 Å². The SMILES string of the molecule is CC(SCc1ccccc1)C(=O)NCc1ccccc1Cl. The standard InChI is InChI=1S/C17H18ClNOS/c1-13(21-12-14-7-3-2-4-8-14)17(20)19-11-15-9-5-6-10-16(15)18/h2-10,13H,11-12H2,1H3,(H,19,20). The van der Waals surface area contributed by atoms with Gasteiger partial charge < -0.3 is 5.32 Å². The van der Waals surface area contributed by atoms with Gasteiger partial charge in [0, 0.05) is 17.3 Å². The fourth-order valence-electron chi connectivity index (χ4n) is 1.84. The molecule has 0 aliphatic rings. The Morgan fingerprint density at radius 3 is 2.52 bits per heavy atom. The van der Waals surface area contributed by atoms with E-state index in [9.17, 15) is 4.79 Å². The van der Waals surface area contributed by atoms with Crippen LogP contribution >= 0.6 is 23.4 Å². The zero-order chi connectivity index (χ0) is 15.1. The van der Waals surface area contributed by atoms with Crippen molar-refractivity contribution in [3.05, 3.63) is 70.7 Å². The number of hydrogen-bond donors (Lipinski definition) is 1. The van der Waals surface area contributed by atoms with Gasteiger partial charge in [0.25, 0.3) is 0 Å². The number of benzene rings is 2. The predicted molar refractivity (Wildman–Crippen MR) is 90.5 cm³/mol. The van der Waals surface area contributed by atoms with E-state index in [-0.39, 0.29) is 11.2 Å². The van der Waals surface area contributed by atoms with Gasteiger partial charge >= 0.3 is 0 Å². The molecular weight excluding hydrogens is 302 g/mol. The molecule has 2 rings (SSSR count). The van der Waals surface area contributed by atoms with Crippen LogP contribution < -0.4 is 5.32 Å². The van der Waals surface area contributed by atoms with Crippen LogP contribution in [0.3, 0.4) is 0 Å². The highest BCUT2D eigenvalue weighted by atomic mass is 35.5. The van der Waals surface area contributed by atoms with E-state index in [0.717, 1.165) is 11.3 Å². The van der Waals surface area contributed by atoms with E-state index < -0.39 is 0 Å². The van der Waals surface area contributed by atoms with E-state index in [1.54, 1.807) is 11.8 Å². The second-order valence-electron chi connectivity index (χ2n) is 4.75. The molecule has 0 heterocycles. The number of rotatable bonds is 6. The van der Waals surface area contributed by atoms with Gasteiger partial charge in [-0.2, -0.15) is 0 Å². The molecule has 2 aromatic carbocycles. The predicted octanol–water partition coefficient (Wildman–Crippen LogP) is 4.28. The first kappa shape index (κ1) is 15.9. The first-order valence-electron chi connectivity index (χ1n) is 6.83. The Balaban J connectivity index is 1.79. The molecule has 0 spiro atoms. The summed E-state index contributed by atoms with van der Waals surface area (Å²) in [4.78, 5) is 12.1. The molecule has 0 radical (unpaired) electrons. The molecule has 1 unspecified atom stereocenters. The number of hydrogen-bond acceptors (Lipinski definition) is 2. The minimum Gasteiger partial charge on any atom is -0.351 e. The van der Waals surface area contributed by atoms with E-state index in [1.165, 1.54) is 5.56 Å². The Hall–Kier alpha value is -1.45. The van der Waals surface area contributed by atoms with Gasteiger partial charge in [-0.3, -0.25) is 4.79 Å². The van der Waals surface area contributed by atoms with Crippen LogP contribution in [0.1, 0.15) is 18.1 Å². The van der Waals surface area contributed by atoms with E-state index in [1.807, 2.05) is 49.4 Å². The lowest BCUT2D eigenvalue weighted by atomic mass is 10.2. The Bertz CT molecular complexity index is 588. The van der Waals surface area contributed by atoms with Crippen molar-refractivity contribution < 1.29 is 4.79 Å². The van der Waals surface area contributed by atoms with E-state index >= 15 is 0 Å². The van der Waals surface area contributed by atoms with Gasteiger partial charge in [0.1, 0.15) is 0 Å². The summed E-state index contributed by atoms with van der Waals surface area (Å²) in [7, 11) is 0. The molecule has 2 nitrogen and oxygen atoms in total. The zero-order valence-electron chi connectivity index (χ0n) is 11.9. The third-order valence-corrected chi connectivity index (χ3v) is 4.71. The van der Waals surface area contributed by atoms with Crippen LogP contribution in [-0.4, -0.2) is 11.2 Å². The van der Waals surface area contributed by atoms with Gasteiger partial charge in [0.15, 0.2) is 0 Å². The van der Waals surface area contributed by atoms with Crippen LogP contribution in [0.15, 0.2) is 54.6 Å². The van der Waals surface area contributed by atoms with Crippen LogP contribution in [0.25, 0.3) is 0 Å². The summed E-state index contributed by atoms with van der Waals surface area (Å²) in [6.45, 7) is 2.39. The minimum absolute atomic E-state index is 0.0378. The molecule has 0 saturated carbocycles. The number of thioether (sulfide) groups is 1. The Kier molecular flexibility index (Phi) is 6.15. The summed E-state index contributed by atoms with van der Waals surface area (Å²) in [6.07, 6.45) is 0. The van der Waals surface area contributed by atoms with Gasteiger partial charge in [-0.05, 0) is 24.1 Å². The maximum absolute atomic E-state index is 12.1. The number of amides is 1. The maximum atomic E-state index is 12.1. The van der Waals surface area contributed by atoms with Gasteiger partial charge in [0.05, 0.1) is 5.25 Å². The summed E-state index contributed by atoms with van der Waals surface area (Å²) in [5, 5.41) is 3.52. The van der Waals surface area contributed by atoms with Crippen molar-refractivity contribution in [3.63, 3.8) is 0 Å². The van der Waals surface area contributed by atoms with Crippen molar-refractivity contribution in [3.8, 4) is 0 Å². The van der Waals surface area contributed by atoms with Crippen molar-refractivity contribution >= 4 is 29.3 Å². The second-order valence-corrected chi connectivity index (χ2v) is 6.48. The highest BCUT2D eigenvalue weighted by Gasteiger charge is 2.13. The van der Waals surface area contributed by atoms with Gasteiger partial charge in [-0.1, -0.05) is 60.1 Å². The zero-order valence-corrected chi connectivity index (χ0v) is 13.5. The number of halogens is 1. The van der Waals surface area contributed by atoms with Gasteiger partial charge in [-0.15, -0.1) is 11.8 Å². The molecule has 110 valence electrons. The average molecular weight is 320 g/mol. The summed E-state index contributed by atoms with van der Waals surface area (Å²) >= 11 is 7.70. The third kappa shape index (κ3) is 5.10. The first-order chi connectivity index (χ1) is 10.2. The van der Waals surface area contributed by atoms with E-state index in [4.69, 9.17) is 11.6 Å². The molecule has 0 aliphatic carbocycles. The summed E-state index contributed by atoms with van der Waals surface area (Å²) in [6, 6.07) is 17.7. The lowest BCUT2D eigenvalue weighted by molar-refractivity contribution is -0.120. The second kappa shape index (κ2) is 8.11. The molecule has 1 amide bonds. The Labute approximate surface area is 134 Å². The molecule has 0 fully saturated rings. The molecular formula is C17H18ClNOS. The Morgan fingerprint density at radius 1 is 1.14 bits per heavy atom. The van der Waals surface area contributed by atoms with E-state index in [2.05, 4.69) is 17.4 Å². The maximum Gasteiger partial charge on any atom is 0.233 e. The largest absolute Gasteiger partial charge is 0.351 e. The molecule has 0 saturated heterocycles. The highest BCUT2D eigenvalue weighted by molar-refractivity contribution is 7.99. The molecule has 0 bridgehead atoms.